The summed E-state index contributed by atoms with van der Waals surface area (Å²) in [5.41, 5.74) is -0.455. The number of aromatic nitrogens is 3. The zero-order valence-electron chi connectivity index (χ0n) is 10.3. The van der Waals surface area contributed by atoms with Gasteiger partial charge >= 0.3 is 5.97 Å². The number of rotatable bonds is 5. The van der Waals surface area contributed by atoms with E-state index in [9.17, 15) is 9.59 Å². The summed E-state index contributed by atoms with van der Waals surface area (Å²) in [7, 11) is 0. The molecule has 1 aromatic heterocycles. The number of aliphatic carboxylic acids is 1. The first-order chi connectivity index (χ1) is 8.44. The molecule has 7 nitrogen and oxygen atoms in total. The monoisotopic (exact) mass is 252 g/mol. The summed E-state index contributed by atoms with van der Waals surface area (Å²) in [4.78, 5) is 22.8. The number of nitrogens with zero attached hydrogens (tertiary/aromatic N) is 3. The van der Waals surface area contributed by atoms with Gasteiger partial charge in [-0.1, -0.05) is 19.1 Å². The molecular weight excluding hydrogens is 236 g/mol. The van der Waals surface area contributed by atoms with Crippen molar-refractivity contribution in [3.8, 4) is 0 Å². The molecule has 98 valence electrons. The number of nitrogens with one attached hydrogen (secondary N) is 1. The number of carbonyl (C=O) groups excluding carboxylic acids is 1. The Hall–Kier alpha value is -1.92. The van der Waals surface area contributed by atoms with E-state index in [1.165, 1.54) is 0 Å². The fraction of sp³-hybridized carbons (Fsp3) is 0.636. The van der Waals surface area contributed by atoms with Crippen molar-refractivity contribution in [2.75, 3.05) is 6.54 Å². The summed E-state index contributed by atoms with van der Waals surface area (Å²) in [6, 6.07) is 0. The summed E-state index contributed by atoms with van der Waals surface area (Å²) in [5.74, 6) is -2.13. The molecule has 1 amide bonds. The maximum absolute atomic E-state index is 11.8. The highest BCUT2D eigenvalue weighted by atomic mass is 16.4. The number of carbonyl (C=O) groups is 2. The Bertz CT molecular complexity index is 455. The van der Waals surface area contributed by atoms with Crippen LogP contribution in [-0.2, 0) is 16.1 Å². The van der Waals surface area contributed by atoms with Crippen molar-refractivity contribution < 1.29 is 14.7 Å². The number of carboxylic acids is 1. The van der Waals surface area contributed by atoms with Gasteiger partial charge < -0.3 is 10.4 Å². The molecule has 2 rings (SSSR count). The third kappa shape index (κ3) is 2.20. The van der Waals surface area contributed by atoms with Crippen LogP contribution in [0.2, 0.25) is 0 Å². The molecule has 0 aromatic carbocycles. The van der Waals surface area contributed by atoms with Crippen molar-refractivity contribution in [1.29, 1.82) is 0 Å². The highest BCUT2D eigenvalue weighted by Crippen LogP contribution is 2.58. The molecule has 18 heavy (non-hydrogen) atoms. The molecule has 0 spiro atoms. The van der Waals surface area contributed by atoms with E-state index in [1.807, 2.05) is 0 Å². The molecule has 1 heterocycles. The minimum absolute atomic E-state index is 0.201. The highest BCUT2D eigenvalue weighted by Gasteiger charge is 2.65. The summed E-state index contributed by atoms with van der Waals surface area (Å²) in [5, 5.41) is 19.1. The van der Waals surface area contributed by atoms with Gasteiger partial charge in [-0.2, -0.15) is 0 Å². The second-order valence-corrected chi connectivity index (χ2v) is 5.07. The van der Waals surface area contributed by atoms with E-state index in [0.29, 0.717) is 13.1 Å². The van der Waals surface area contributed by atoms with Crippen molar-refractivity contribution >= 4 is 11.9 Å². The van der Waals surface area contributed by atoms with Crippen LogP contribution in [0.15, 0.2) is 12.4 Å². The molecule has 1 aliphatic carbocycles. The van der Waals surface area contributed by atoms with E-state index in [4.69, 9.17) is 5.11 Å². The van der Waals surface area contributed by atoms with Crippen LogP contribution < -0.4 is 5.32 Å². The van der Waals surface area contributed by atoms with Crippen molar-refractivity contribution in [3.63, 3.8) is 0 Å². The van der Waals surface area contributed by atoms with Gasteiger partial charge in [-0.3, -0.25) is 14.3 Å². The van der Waals surface area contributed by atoms with E-state index in [1.54, 1.807) is 30.9 Å². The van der Waals surface area contributed by atoms with E-state index in [2.05, 4.69) is 15.6 Å². The Balaban J connectivity index is 1.81. The SMILES string of the molecule is CC1(C)[C@H](C(=O)O)[C@@H]1C(=O)NCCn1ccnn1. The Morgan fingerprint density at radius 2 is 2.17 bits per heavy atom. The van der Waals surface area contributed by atoms with E-state index < -0.39 is 23.2 Å². The molecule has 0 bridgehead atoms. The first-order valence-electron chi connectivity index (χ1n) is 5.79. The number of amides is 1. The maximum atomic E-state index is 11.8. The van der Waals surface area contributed by atoms with Gasteiger partial charge in [-0.15, -0.1) is 5.10 Å². The smallest absolute Gasteiger partial charge is 0.307 e. The van der Waals surface area contributed by atoms with Crippen LogP contribution in [0.4, 0.5) is 0 Å². The predicted octanol–water partition coefficient (Wildman–Crippen LogP) is -0.249. The lowest BCUT2D eigenvalue weighted by molar-refractivity contribution is -0.140. The largest absolute Gasteiger partial charge is 0.481 e. The molecular formula is C11H16N4O3. The van der Waals surface area contributed by atoms with E-state index in [-0.39, 0.29) is 5.91 Å². The van der Waals surface area contributed by atoms with Crippen molar-refractivity contribution in [2.24, 2.45) is 17.3 Å². The van der Waals surface area contributed by atoms with Crippen LogP contribution in [0.1, 0.15) is 13.8 Å². The third-order valence-corrected chi connectivity index (χ3v) is 3.49. The van der Waals surface area contributed by atoms with Gasteiger partial charge in [-0.05, 0) is 5.41 Å². The summed E-state index contributed by atoms with van der Waals surface area (Å²) in [6.07, 6.45) is 3.26. The van der Waals surface area contributed by atoms with Crippen LogP contribution in [0.25, 0.3) is 0 Å². The number of hydrogen-bond acceptors (Lipinski definition) is 4. The average Bonchev–Trinajstić information content (AvgIpc) is 2.65. The summed E-state index contributed by atoms with van der Waals surface area (Å²) in [6.45, 7) is 4.54. The molecule has 0 radical (unpaired) electrons. The quantitative estimate of drug-likeness (QED) is 0.753. The summed E-state index contributed by atoms with van der Waals surface area (Å²) >= 11 is 0. The first kappa shape index (κ1) is 12.5. The lowest BCUT2D eigenvalue weighted by Gasteiger charge is -2.05. The maximum Gasteiger partial charge on any atom is 0.307 e. The van der Waals surface area contributed by atoms with Crippen LogP contribution in [0.5, 0.6) is 0 Å². The Morgan fingerprint density at radius 3 is 2.67 bits per heavy atom. The lowest BCUT2D eigenvalue weighted by atomic mass is 10.1. The minimum atomic E-state index is -0.906. The Kier molecular flexibility index (Phi) is 3.06. The van der Waals surface area contributed by atoms with Crippen molar-refractivity contribution in [1.82, 2.24) is 20.3 Å². The molecule has 1 aliphatic rings. The van der Waals surface area contributed by atoms with Gasteiger partial charge in [0, 0.05) is 12.7 Å². The minimum Gasteiger partial charge on any atom is -0.481 e. The lowest BCUT2D eigenvalue weighted by Crippen LogP contribution is -2.30. The van der Waals surface area contributed by atoms with Crippen LogP contribution >= 0.6 is 0 Å². The Labute approximate surface area is 104 Å². The Morgan fingerprint density at radius 1 is 1.44 bits per heavy atom. The van der Waals surface area contributed by atoms with Crippen molar-refractivity contribution in [2.45, 2.75) is 20.4 Å². The molecule has 0 unspecified atom stereocenters. The fourth-order valence-corrected chi connectivity index (χ4v) is 2.34. The van der Waals surface area contributed by atoms with E-state index in [0.717, 1.165) is 0 Å². The molecule has 2 atom stereocenters. The van der Waals surface area contributed by atoms with Gasteiger partial charge in [0.2, 0.25) is 5.91 Å². The van der Waals surface area contributed by atoms with Crippen LogP contribution in [-0.4, -0.2) is 38.5 Å². The van der Waals surface area contributed by atoms with Gasteiger partial charge in [0.25, 0.3) is 0 Å². The number of carboxylic acid groups (broad SMARTS) is 1. The van der Waals surface area contributed by atoms with Crippen LogP contribution in [0, 0.1) is 17.3 Å². The molecule has 1 aromatic rings. The molecule has 1 saturated carbocycles. The molecule has 1 fully saturated rings. The molecule has 7 heteroatoms. The van der Waals surface area contributed by atoms with Gasteiger partial charge in [0.1, 0.15) is 0 Å². The molecule has 0 saturated heterocycles. The fourth-order valence-electron chi connectivity index (χ4n) is 2.34. The summed E-state index contributed by atoms with van der Waals surface area (Å²) < 4.78 is 1.60. The third-order valence-electron chi connectivity index (χ3n) is 3.49. The van der Waals surface area contributed by atoms with E-state index >= 15 is 0 Å². The zero-order chi connectivity index (χ0) is 13.3. The molecule has 0 aliphatic heterocycles. The zero-order valence-corrected chi connectivity index (χ0v) is 10.3. The first-order valence-corrected chi connectivity index (χ1v) is 5.79. The van der Waals surface area contributed by atoms with Gasteiger partial charge in [-0.25, -0.2) is 0 Å². The van der Waals surface area contributed by atoms with Crippen LogP contribution in [0.3, 0.4) is 0 Å². The van der Waals surface area contributed by atoms with Crippen molar-refractivity contribution in [3.05, 3.63) is 12.4 Å². The average molecular weight is 252 g/mol. The molecule has 2 N–H and O–H groups in total. The second kappa shape index (κ2) is 4.40. The second-order valence-electron chi connectivity index (χ2n) is 5.07. The normalized spacial score (nSPS) is 24.6. The van der Waals surface area contributed by atoms with Gasteiger partial charge in [0.05, 0.1) is 24.6 Å². The predicted molar refractivity (Wildman–Crippen MR) is 61.4 cm³/mol. The topological polar surface area (TPSA) is 97.1 Å². The standard InChI is InChI=1S/C11H16N4O3/c1-11(2)7(8(11)10(17)18)9(16)12-3-5-15-6-4-13-14-15/h4,6-8H,3,5H2,1-2H3,(H,12,16)(H,17,18)/t7-,8+/m1/s1. The highest BCUT2D eigenvalue weighted by molar-refractivity contribution is 5.91. The number of hydrogen-bond donors (Lipinski definition) is 2. The van der Waals surface area contributed by atoms with Gasteiger partial charge in [0.15, 0.2) is 0 Å².